The molecule has 0 fully saturated rings. The van der Waals surface area contributed by atoms with Gasteiger partial charge in [0.05, 0.1) is 13.5 Å². The van der Waals surface area contributed by atoms with Gasteiger partial charge in [0, 0.05) is 12.6 Å². The molecule has 1 amide bonds. The highest BCUT2D eigenvalue weighted by molar-refractivity contribution is 5.78. The molecule has 0 radical (unpaired) electrons. The van der Waals surface area contributed by atoms with Crippen LogP contribution in [0.3, 0.4) is 0 Å². The van der Waals surface area contributed by atoms with Gasteiger partial charge >= 0.3 is 0 Å². The summed E-state index contributed by atoms with van der Waals surface area (Å²) in [5.41, 5.74) is 3.62. The van der Waals surface area contributed by atoms with E-state index in [-0.39, 0.29) is 11.9 Å². The van der Waals surface area contributed by atoms with E-state index in [1.54, 1.807) is 7.11 Å². The zero-order chi connectivity index (χ0) is 16.1. The van der Waals surface area contributed by atoms with Crippen LogP contribution >= 0.6 is 0 Å². The van der Waals surface area contributed by atoms with Crippen molar-refractivity contribution in [1.29, 1.82) is 0 Å². The minimum atomic E-state index is 0.0307. The van der Waals surface area contributed by atoms with Crippen molar-refractivity contribution in [2.75, 3.05) is 20.2 Å². The SMILES string of the molecule is COc1cccc(CC(=O)NCC2NCCc3ccccc32)c1. The van der Waals surface area contributed by atoms with E-state index < -0.39 is 0 Å². The fraction of sp³-hybridized carbons (Fsp3) is 0.316. The van der Waals surface area contributed by atoms with E-state index in [4.69, 9.17) is 4.74 Å². The van der Waals surface area contributed by atoms with E-state index >= 15 is 0 Å². The maximum absolute atomic E-state index is 12.2. The van der Waals surface area contributed by atoms with E-state index in [9.17, 15) is 4.79 Å². The summed E-state index contributed by atoms with van der Waals surface area (Å²) in [6.07, 6.45) is 1.41. The van der Waals surface area contributed by atoms with Crippen molar-refractivity contribution < 1.29 is 9.53 Å². The largest absolute Gasteiger partial charge is 0.497 e. The summed E-state index contributed by atoms with van der Waals surface area (Å²) >= 11 is 0. The zero-order valence-corrected chi connectivity index (χ0v) is 13.3. The van der Waals surface area contributed by atoms with E-state index in [0.29, 0.717) is 13.0 Å². The van der Waals surface area contributed by atoms with Crippen LogP contribution in [0.1, 0.15) is 22.7 Å². The number of carbonyl (C=O) groups excluding carboxylic acids is 1. The predicted octanol–water partition coefficient (Wildman–Crippen LogP) is 2.24. The number of hydrogen-bond acceptors (Lipinski definition) is 3. The summed E-state index contributed by atoms with van der Waals surface area (Å²) < 4.78 is 5.19. The second-order valence-electron chi connectivity index (χ2n) is 5.79. The van der Waals surface area contributed by atoms with Gasteiger partial charge in [-0.1, -0.05) is 36.4 Å². The van der Waals surface area contributed by atoms with Crippen LogP contribution in [0, 0.1) is 0 Å². The molecule has 2 aromatic carbocycles. The molecule has 0 saturated carbocycles. The van der Waals surface area contributed by atoms with Crippen LogP contribution in [0.4, 0.5) is 0 Å². The molecule has 0 aromatic heterocycles. The highest BCUT2D eigenvalue weighted by atomic mass is 16.5. The molecule has 0 aliphatic carbocycles. The van der Waals surface area contributed by atoms with Gasteiger partial charge in [-0.3, -0.25) is 4.79 Å². The number of benzene rings is 2. The lowest BCUT2D eigenvalue weighted by atomic mass is 9.94. The molecule has 120 valence electrons. The molecule has 2 N–H and O–H groups in total. The number of hydrogen-bond donors (Lipinski definition) is 2. The Morgan fingerprint density at radius 1 is 1.26 bits per heavy atom. The minimum absolute atomic E-state index is 0.0307. The Bertz CT molecular complexity index is 685. The van der Waals surface area contributed by atoms with Gasteiger partial charge in [0.25, 0.3) is 0 Å². The Balaban J connectivity index is 1.57. The fourth-order valence-electron chi connectivity index (χ4n) is 3.02. The average Bonchev–Trinajstić information content (AvgIpc) is 2.60. The Morgan fingerprint density at radius 3 is 3.00 bits per heavy atom. The van der Waals surface area contributed by atoms with E-state index in [1.807, 2.05) is 24.3 Å². The second-order valence-corrected chi connectivity index (χ2v) is 5.79. The summed E-state index contributed by atoms with van der Waals surface area (Å²) in [4.78, 5) is 12.2. The number of nitrogens with one attached hydrogen (secondary N) is 2. The average molecular weight is 310 g/mol. The molecule has 4 heteroatoms. The molecule has 1 aliphatic rings. The predicted molar refractivity (Wildman–Crippen MR) is 90.6 cm³/mol. The van der Waals surface area contributed by atoms with Gasteiger partial charge in [-0.05, 0) is 41.8 Å². The summed E-state index contributed by atoms with van der Waals surface area (Å²) in [5.74, 6) is 0.807. The van der Waals surface area contributed by atoms with Crippen LogP contribution in [0.2, 0.25) is 0 Å². The van der Waals surface area contributed by atoms with E-state index in [0.717, 1.165) is 24.3 Å². The number of methoxy groups -OCH3 is 1. The van der Waals surface area contributed by atoms with Crippen molar-refractivity contribution in [3.8, 4) is 5.75 Å². The Hall–Kier alpha value is -2.33. The molecule has 0 spiro atoms. The minimum Gasteiger partial charge on any atom is -0.497 e. The summed E-state index contributed by atoms with van der Waals surface area (Å²) in [7, 11) is 1.63. The zero-order valence-electron chi connectivity index (χ0n) is 13.3. The maximum atomic E-state index is 12.2. The number of rotatable bonds is 5. The molecule has 23 heavy (non-hydrogen) atoms. The summed E-state index contributed by atoms with van der Waals surface area (Å²) in [6, 6.07) is 16.2. The molecule has 3 rings (SSSR count). The quantitative estimate of drug-likeness (QED) is 0.890. The molecule has 1 atom stereocenters. The molecule has 1 heterocycles. The van der Waals surface area contributed by atoms with Crippen LogP contribution in [-0.4, -0.2) is 26.1 Å². The summed E-state index contributed by atoms with van der Waals surface area (Å²) in [5, 5.41) is 6.52. The first-order valence-electron chi connectivity index (χ1n) is 7.97. The maximum Gasteiger partial charge on any atom is 0.224 e. The third-order valence-electron chi connectivity index (χ3n) is 4.22. The lowest BCUT2D eigenvalue weighted by molar-refractivity contribution is -0.120. The van der Waals surface area contributed by atoms with Crippen LogP contribution in [0.15, 0.2) is 48.5 Å². The van der Waals surface area contributed by atoms with Crippen molar-refractivity contribution in [3.63, 3.8) is 0 Å². The van der Waals surface area contributed by atoms with E-state index in [1.165, 1.54) is 11.1 Å². The smallest absolute Gasteiger partial charge is 0.224 e. The fourth-order valence-corrected chi connectivity index (χ4v) is 3.02. The van der Waals surface area contributed by atoms with Gasteiger partial charge in [-0.25, -0.2) is 0 Å². The van der Waals surface area contributed by atoms with E-state index in [2.05, 4.69) is 34.9 Å². The molecule has 1 aliphatic heterocycles. The van der Waals surface area contributed by atoms with Crippen LogP contribution in [-0.2, 0) is 17.6 Å². The molecular formula is C19H22N2O2. The van der Waals surface area contributed by atoms with Crippen LogP contribution in [0.25, 0.3) is 0 Å². The number of fused-ring (bicyclic) bond motifs is 1. The van der Waals surface area contributed by atoms with Gasteiger partial charge in [0.15, 0.2) is 0 Å². The topological polar surface area (TPSA) is 50.4 Å². The van der Waals surface area contributed by atoms with Gasteiger partial charge < -0.3 is 15.4 Å². The van der Waals surface area contributed by atoms with Crippen LogP contribution in [0.5, 0.6) is 5.75 Å². The first-order valence-corrected chi connectivity index (χ1v) is 7.97. The first kappa shape index (κ1) is 15.6. The monoisotopic (exact) mass is 310 g/mol. The number of amides is 1. The Kier molecular flexibility index (Phi) is 4.93. The highest BCUT2D eigenvalue weighted by Gasteiger charge is 2.19. The highest BCUT2D eigenvalue weighted by Crippen LogP contribution is 2.21. The van der Waals surface area contributed by atoms with Crippen LogP contribution < -0.4 is 15.4 Å². The van der Waals surface area contributed by atoms with Crippen molar-refractivity contribution in [2.45, 2.75) is 18.9 Å². The standard InChI is InChI=1S/C19H22N2O2/c1-23-16-7-4-5-14(11-16)12-19(22)21-13-18-17-8-3-2-6-15(17)9-10-20-18/h2-8,11,18,20H,9-10,12-13H2,1H3,(H,21,22). The molecule has 0 saturated heterocycles. The number of carbonyl (C=O) groups is 1. The third-order valence-corrected chi connectivity index (χ3v) is 4.22. The Labute approximate surface area is 136 Å². The van der Waals surface area contributed by atoms with Gasteiger partial charge in [0.2, 0.25) is 5.91 Å². The first-order chi connectivity index (χ1) is 11.3. The lowest BCUT2D eigenvalue weighted by Gasteiger charge is -2.27. The third kappa shape index (κ3) is 3.90. The summed E-state index contributed by atoms with van der Waals surface area (Å²) in [6.45, 7) is 1.56. The van der Waals surface area contributed by atoms with Crippen molar-refractivity contribution in [3.05, 3.63) is 65.2 Å². The van der Waals surface area contributed by atoms with Crippen molar-refractivity contribution >= 4 is 5.91 Å². The van der Waals surface area contributed by atoms with Crippen molar-refractivity contribution in [1.82, 2.24) is 10.6 Å². The van der Waals surface area contributed by atoms with Gasteiger partial charge in [-0.2, -0.15) is 0 Å². The second kappa shape index (κ2) is 7.29. The Morgan fingerprint density at radius 2 is 2.13 bits per heavy atom. The molecule has 4 nitrogen and oxygen atoms in total. The lowest BCUT2D eigenvalue weighted by Crippen LogP contribution is -2.39. The number of ether oxygens (including phenoxy) is 1. The molecular weight excluding hydrogens is 288 g/mol. The molecule has 2 aromatic rings. The van der Waals surface area contributed by atoms with Gasteiger partial charge in [-0.15, -0.1) is 0 Å². The van der Waals surface area contributed by atoms with Crippen molar-refractivity contribution in [2.24, 2.45) is 0 Å². The normalized spacial score (nSPS) is 16.5. The molecule has 1 unspecified atom stereocenters. The molecule has 0 bridgehead atoms. The van der Waals surface area contributed by atoms with Gasteiger partial charge in [0.1, 0.15) is 5.75 Å².